The van der Waals surface area contributed by atoms with Gasteiger partial charge in [-0.1, -0.05) is 125 Å². The maximum Gasteiger partial charge on any atom is 0.213 e. The van der Waals surface area contributed by atoms with Crippen molar-refractivity contribution in [3.8, 4) is 0 Å². The maximum atomic E-state index is 14.4. The molecule has 0 aromatic heterocycles. The second-order valence-corrected chi connectivity index (χ2v) is 28.1. The second kappa shape index (κ2) is 10.9. The first-order chi connectivity index (χ1) is 15.3. The number of hydrogen-bond donors (Lipinski definition) is 0. The van der Waals surface area contributed by atoms with Crippen LogP contribution in [0, 0.1) is 0 Å². The van der Waals surface area contributed by atoms with Crippen molar-refractivity contribution in [1.29, 1.82) is 0 Å². The van der Waals surface area contributed by atoms with Crippen LogP contribution in [0.3, 0.4) is 0 Å². The highest BCUT2D eigenvalue weighted by molar-refractivity contribution is 7.63. The molecule has 0 amide bonds. The molecule has 0 aliphatic rings. The van der Waals surface area contributed by atoms with Crippen molar-refractivity contribution >= 4 is 22.1 Å². The van der Waals surface area contributed by atoms with Gasteiger partial charge in [-0.3, -0.25) is 13.7 Å². The third kappa shape index (κ3) is 7.61. The molecule has 0 aromatic carbocycles. The predicted octanol–water partition coefficient (Wildman–Crippen LogP) is 10.0. The topological polar surface area (TPSA) is 78.9 Å². The van der Waals surface area contributed by atoms with Crippen molar-refractivity contribution < 1.29 is 27.3 Å². The van der Waals surface area contributed by atoms with E-state index >= 15 is 0 Å². The monoisotopic (exact) mass is 572 g/mol. The smallest absolute Gasteiger partial charge is 0.213 e. The Kier molecular flexibility index (Phi) is 11.0. The van der Waals surface area contributed by atoms with E-state index < -0.39 is 59.1 Å². The average molecular weight is 573 g/mol. The first kappa shape index (κ1) is 36.6. The van der Waals surface area contributed by atoms with Gasteiger partial charge in [0.05, 0.1) is 13.2 Å². The predicted molar refractivity (Wildman–Crippen MR) is 158 cm³/mol. The molecule has 0 unspecified atom stereocenters. The van der Waals surface area contributed by atoms with E-state index in [-0.39, 0.29) is 13.2 Å². The summed E-state index contributed by atoms with van der Waals surface area (Å²) in [6, 6.07) is 0. The van der Waals surface area contributed by atoms with Crippen LogP contribution >= 0.6 is 22.1 Å². The molecule has 6 nitrogen and oxygen atoms in total. The van der Waals surface area contributed by atoms with Crippen LogP contribution < -0.4 is 0 Å². The Bertz CT molecular complexity index is 777. The van der Waals surface area contributed by atoms with Gasteiger partial charge in [-0.15, -0.1) is 0 Å². The van der Waals surface area contributed by atoms with Crippen LogP contribution in [-0.2, 0) is 27.3 Å². The van der Waals surface area contributed by atoms with E-state index in [0.717, 1.165) is 0 Å². The number of hydrogen-bond acceptors (Lipinski definition) is 6. The standard InChI is InChI=1S/C27H59O6P3/c1-22(2,3)34(28,23(4,5)6)31-19-21(33-36(30,26(13,14)15)27(16,17)18)20-32-35(29,24(7,8)9)25(10,11)12/h21H,19-20H2,1-18H3. The highest BCUT2D eigenvalue weighted by atomic mass is 31.2. The lowest BCUT2D eigenvalue weighted by atomic mass is 10.2. The van der Waals surface area contributed by atoms with E-state index in [2.05, 4.69) is 0 Å². The molecule has 0 aliphatic heterocycles. The van der Waals surface area contributed by atoms with Crippen molar-refractivity contribution in [1.82, 2.24) is 0 Å². The summed E-state index contributed by atoms with van der Waals surface area (Å²) >= 11 is 0. The van der Waals surface area contributed by atoms with E-state index in [9.17, 15) is 13.7 Å². The molecule has 0 saturated heterocycles. The Hall–Kier alpha value is 0.570. The first-order valence-electron chi connectivity index (χ1n) is 13.1. The summed E-state index contributed by atoms with van der Waals surface area (Å²) in [5.74, 6) is 0. The summed E-state index contributed by atoms with van der Waals surface area (Å²) in [6.07, 6.45) is -0.815. The minimum Gasteiger partial charge on any atom is -0.325 e. The third-order valence-electron chi connectivity index (χ3n) is 6.48. The van der Waals surface area contributed by atoms with Crippen LogP contribution in [0.4, 0.5) is 0 Å². The van der Waals surface area contributed by atoms with Gasteiger partial charge >= 0.3 is 0 Å². The van der Waals surface area contributed by atoms with E-state index in [0.29, 0.717) is 0 Å². The molecule has 9 heteroatoms. The number of rotatable bonds is 8. The van der Waals surface area contributed by atoms with Gasteiger partial charge in [0.15, 0.2) is 0 Å². The molecule has 0 N–H and O–H groups in total. The van der Waals surface area contributed by atoms with E-state index in [4.69, 9.17) is 13.6 Å². The van der Waals surface area contributed by atoms with Crippen LogP contribution in [0.5, 0.6) is 0 Å². The van der Waals surface area contributed by atoms with Gasteiger partial charge in [-0.2, -0.15) is 0 Å². The highest BCUT2D eigenvalue weighted by Gasteiger charge is 2.53. The molecule has 0 spiro atoms. The van der Waals surface area contributed by atoms with Gasteiger partial charge in [0, 0.05) is 30.9 Å². The van der Waals surface area contributed by atoms with Gasteiger partial charge in [-0.05, 0) is 0 Å². The Balaban J connectivity index is 6.60. The maximum absolute atomic E-state index is 14.4. The van der Waals surface area contributed by atoms with Crippen LogP contribution in [0.15, 0.2) is 0 Å². The average Bonchev–Trinajstić information content (AvgIpc) is 2.57. The molecule has 36 heavy (non-hydrogen) atoms. The van der Waals surface area contributed by atoms with Crippen LogP contribution in [-0.4, -0.2) is 50.3 Å². The third-order valence-corrected chi connectivity index (χ3v) is 18.7. The Labute approximate surface area is 224 Å². The molecular formula is C27H59O6P3. The van der Waals surface area contributed by atoms with E-state index in [1.165, 1.54) is 0 Å². The quantitative estimate of drug-likeness (QED) is 0.269. The molecule has 0 fully saturated rings. The lowest BCUT2D eigenvalue weighted by Crippen LogP contribution is -2.38. The minimum absolute atomic E-state index is 0.0732. The van der Waals surface area contributed by atoms with Crippen molar-refractivity contribution in [2.75, 3.05) is 13.2 Å². The molecule has 0 rings (SSSR count). The molecule has 0 atom stereocenters. The summed E-state index contributed by atoms with van der Waals surface area (Å²) < 4.78 is 61.8. The van der Waals surface area contributed by atoms with Crippen LogP contribution in [0.25, 0.3) is 0 Å². The molecule has 218 valence electrons. The molecule has 0 bridgehead atoms. The Morgan fingerprint density at radius 2 is 0.611 bits per heavy atom. The van der Waals surface area contributed by atoms with Gasteiger partial charge in [0.25, 0.3) is 0 Å². The fourth-order valence-electron chi connectivity index (χ4n) is 4.80. The zero-order valence-corrected chi connectivity index (χ0v) is 29.5. The minimum atomic E-state index is -3.31. The van der Waals surface area contributed by atoms with Crippen molar-refractivity contribution in [2.45, 2.75) is 162 Å². The van der Waals surface area contributed by atoms with Crippen LogP contribution in [0.2, 0.25) is 0 Å². The van der Waals surface area contributed by atoms with Gasteiger partial charge in [0.1, 0.15) is 6.10 Å². The summed E-state index contributed by atoms with van der Waals surface area (Å²) in [7, 11) is -9.73. The molecule has 0 heterocycles. The fraction of sp³-hybridized carbons (Fsp3) is 1.00. The summed E-state index contributed by atoms with van der Waals surface area (Å²) in [5, 5.41) is -3.75. The summed E-state index contributed by atoms with van der Waals surface area (Å²) in [6.45, 7) is 34.2. The van der Waals surface area contributed by atoms with Gasteiger partial charge in [0.2, 0.25) is 22.1 Å². The van der Waals surface area contributed by atoms with Crippen LogP contribution in [0.1, 0.15) is 125 Å². The molecular weight excluding hydrogens is 513 g/mol. The fourth-order valence-corrected chi connectivity index (χ4v) is 14.3. The zero-order chi connectivity index (χ0) is 29.6. The lowest BCUT2D eigenvalue weighted by molar-refractivity contribution is 0.0732. The van der Waals surface area contributed by atoms with E-state index in [1.807, 2.05) is 125 Å². The first-order valence-corrected chi connectivity index (χ1v) is 17.9. The molecule has 0 saturated carbocycles. The normalized spacial score (nSPS) is 16.1. The van der Waals surface area contributed by atoms with E-state index in [1.54, 1.807) is 0 Å². The second-order valence-electron chi connectivity index (χ2n) is 16.0. The molecule has 0 aliphatic carbocycles. The van der Waals surface area contributed by atoms with Gasteiger partial charge in [-0.25, -0.2) is 0 Å². The summed E-state index contributed by atoms with van der Waals surface area (Å²) in [4.78, 5) is 0. The Morgan fingerprint density at radius 3 is 0.778 bits per heavy atom. The summed E-state index contributed by atoms with van der Waals surface area (Å²) in [5.41, 5.74) is 0. The molecule has 0 aromatic rings. The highest BCUT2D eigenvalue weighted by Crippen LogP contribution is 2.71. The van der Waals surface area contributed by atoms with Crippen molar-refractivity contribution in [2.24, 2.45) is 0 Å². The van der Waals surface area contributed by atoms with Gasteiger partial charge < -0.3 is 13.6 Å². The Morgan fingerprint density at radius 1 is 0.417 bits per heavy atom. The lowest BCUT2D eigenvalue weighted by Gasteiger charge is -2.45. The SMILES string of the molecule is CC(C)(C)P(=O)(OCC(COP(=O)(C(C)(C)C)C(C)(C)C)OP(=O)(C(C)(C)C)C(C)(C)C)C(C)(C)C. The largest absolute Gasteiger partial charge is 0.325 e. The zero-order valence-electron chi connectivity index (χ0n) is 26.8. The molecule has 0 radical (unpaired) electrons. The van der Waals surface area contributed by atoms with Crippen molar-refractivity contribution in [3.05, 3.63) is 0 Å². The van der Waals surface area contributed by atoms with Crippen molar-refractivity contribution in [3.63, 3.8) is 0 Å².